The first kappa shape index (κ1) is 20.1. The summed E-state index contributed by atoms with van der Waals surface area (Å²) in [7, 11) is 0. The Hall–Kier alpha value is -1.68. The fraction of sp³-hybridized carbons (Fsp3) is 0.591. The highest BCUT2D eigenvalue weighted by molar-refractivity contribution is 6.31. The molecule has 0 saturated heterocycles. The number of hydrogen-bond donors (Lipinski definition) is 0. The van der Waals surface area contributed by atoms with E-state index in [0.29, 0.717) is 31.2 Å². The fourth-order valence-electron chi connectivity index (χ4n) is 3.52. The minimum Gasteiger partial charge on any atom is -0.312 e. The monoisotopic (exact) mass is 387 g/mol. The molecule has 1 aromatic carbocycles. The van der Waals surface area contributed by atoms with E-state index in [9.17, 15) is 4.79 Å². The van der Waals surface area contributed by atoms with Crippen LogP contribution < -0.4 is 0 Å². The summed E-state index contributed by atoms with van der Waals surface area (Å²) < 4.78 is 2.32. The van der Waals surface area contributed by atoms with Crippen molar-refractivity contribution in [3.63, 3.8) is 0 Å². The van der Waals surface area contributed by atoms with E-state index in [4.69, 9.17) is 11.6 Å². The van der Waals surface area contributed by atoms with E-state index in [1.165, 1.54) is 19.3 Å². The highest BCUT2D eigenvalue weighted by Crippen LogP contribution is 2.37. The number of hydrogen-bond acceptors (Lipinski definition) is 3. The van der Waals surface area contributed by atoms with Crippen LogP contribution >= 0.6 is 11.6 Å². The molecule has 1 aliphatic carbocycles. The van der Waals surface area contributed by atoms with Crippen LogP contribution in [-0.4, -0.2) is 20.5 Å². The van der Waals surface area contributed by atoms with Gasteiger partial charge in [0.15, 0.2) is 0 Å². The number of rotatable bonds is 10. The van der Waals surface area contributed by atoms with Crippen LogP contribution in [0.4, 0.5) is 0 Å². The molecule has 0 radical (unpaired) electrons. The summed E-state index contributed by atoms with van der Waals surface area (Å²) in [6.45, 7) is 6.48. The zero-order chi connectivity index (χ0) is 19.4. The molecule has 0 aliphatic heterocycles. The first-order valence-corrected chi connectivity index (χ1v) is 10.5. The number of carbonyl (C=O) groups is 1. The molecule has 3 rings (SSSR count). The van der Waals surface area contributed by atoms with Crippen molar-refractivity contribution in [1.82, 2.24) is 14.8 Å². The van der Waals surface area contributed by atoms with Crippen molar-refractivity contribution in [2.24, 2.45) is 5.92 Å². The van der Waals surface area contributed by atoms with E-state index >= 15 is 0 Å². The van der Waals surface area contributed by atoms with E-state index in [1.807, 2.05) is 25.1 Å². The van der Waals surface area contributed by atoms with Gasteiger partial charge < -0.3 is 4.57 Å². The molecule has 0 amide bonds. The lowest BCUT2D eigenvalue weighted by atomic mass is 10.0. The molecular formula is C22H30ClN3O. The van der Waals surface area contributed by atoms with Crippen molar-refractivity contribution in [2.75, 3.05) is 0 Å². The third-order valence-electron chi connectivity index (χ3n) is 5.33. The molecule has 1 aliphatic rings. The summed E-state index contributed by atoms with van der Waals surface area (Å²) in [5, 5.41) is 9.59. The molecule has 0 bridgehead atoms. The average molecular weight is 388 g/mol. The Morgan fingerprint density at radius 2 is 1.93 bits per heavy atom. The molecule has 0 N–H and O–H groups in total. The molecular weight excluding hydrogens is 358 g/mol. The molecule has 0 atom stereocenters. The van der Waals surface area contributed by atoms with Crippen molar-refractivity contribution in [3.8, 4) is 0 Å². The molecule has 4 nitrogen and oxygen atoms in total. The topological polar surface area (TPSA) is 47.8 Å². The van der Waals surface area contributed by atoms with Gasteiger partial charge in [0.25, 0.3) is 0 Å². The largest absolute Gasteiger partial charge is 0.312 e. The Kier molecular flexibility index (Phi) is 6.69. The van der Waals surface area contributed by atoms with Gasteiger partial charge in [-0.25, -0.2) is 0 Å². The predicted octanol–water partition coefficient (Wildman–Crippen LogP) is 5.30. The number of nitrogens with zero attached hydrogens (tertiary/aromatic N) is 3. The Morgan fingerprint density at radius 3 is 2.59 bits per heavy atom. The van der Waals surface area contributed by atoms with Crippen LogP contribution in [0.1, 0.15) is 74.8 Å². The van der Waals surface area contributed by atoms with Crippen molar-refractivity contribution in [3.05, 3.63) is 46.0 Å². The fourth-order valence-corrected chi connectivity index (χ4v) is 3.71. The van der Waals surface area contributed by atoms with Gasteiger partial charge >= 0.3 is 0 Å². The molecule has 2 aromatic rings. The number of aryl methyl sites for hydroxylation is 2. The highest BCUT2D eigenvalue weighted by Gasteiger charge is 2.29. The van der Waals surface area contributed by atoms with E-state index in [-0.39, 0.29) is 5.78 Å². The number of aromatic nitrogens is 3. The Balaban J connectivity index is 1.59. The maximum atomic E-state index is 12.5. The zero-order valence-electron chi connectivity index (χ0n) is 16.7. The van der Waals surface area contributed by atoms with Gasteiger partial charge in [-0.1, -0.05) is 44.0 Å². The first-order chi connectivity index (χ1) is 13.0. The van der Waals surface area contributed by atoms with Crippen LogP contribution in [0.5, 0.6) is 0 Å². The van der Waals surface area contributed by atoms with Crippen LogP contribution in [0.25, 0.3) is 0 Å². The maximum Gasteiger partial charge on any atom is 0.137 e. The van der Waals surface area contributed by atoms with Gasteiger partial charge in [-0.2, -0.15) is 0 Å². The quantitative estimate of drug-likeness (QED) is 0.555. The lowest BCUT2D eigenvalue weighted by Crippen LogP contribution is -2.10. The normalized spacial score (nSPS) is 14.1. The second kappa shape index (κ2) is 9.01. The standard InChI is InChI=1S/C22H30ClN3O/c1-15(2)6-4-9-21-24-25-22(26(21)18-10-11-18)13-12-19(27)14-17-7-5-8-20(23)16(17)3/h5,7-8,15,18H,4,6,9-14H2,1-3H3. The molecule has 0 spiro atoms. The van der Waals surface area contributed by atoms with Crippen LogP contribution in [0, 0.1) is 12.8 Å². The molecule has 1 saturated carbocycles. The van der Waals surface area contributed by atoms with Crippen LogP contribution in [0.3, 0.4) is 0 Å². The summed E-state index contributed by atoms with van der Waals surface area (Å²) in [6.07, 6.45) is 7.37. The summed E-state index contributed by atoms with van der Waals surface area (Å²) in [4.78, 5) is 12.5. The Labute approximate surface area is 167 Å². The lowest BCUT2D eigenvalue weighted by Gasteiger charge is -2.10. The van der Waals surface area contributed by atoms with E-state index < -0.39 is 0 Å². The van der Waals surface area contributed by atoms with Crippen LogP contribution in [-0.2, 0) is 24.1 Å². The minimum absolute atomic E-state index is 0.229. The molecule has 1 fully saturated rings. The van der Waals surface area contributed by atoms with Crippen molar-refractivity contribution < 1.29 is 4.79 Å². The smallest absolute Gasteiger partial charge is 0.137 e. The van der Waals surface area contributed by atoms with Crippen LogP contribution in [0.15, 0.2) is 18.2 Å². The second-order valence-corrected chi connectivity index (χ2v) is 8.57. The third-order valence-corrected chi connectivity index (χ3v) is 5.74. The minimum atomic E-state index is 0.229. The molecule has 1 heterocycles. The van der Waals surface area contributed by atoms with Gasteiger partial charge in [-0.05, 0) is 49.3 Å². The Morgan fingerprint density at radius 1 is 1.22 bits per heavy atom. The van der Waals surface area contributed by atoms with E-state index in [0.717, 1.165) is 40.6 Å². The first-order valence-electron chi connectivity index (χ1n) is 10.1. The van der Waals surface area contributed by atoms with Gasteiger partial charge in [-0.3, -0.25) is 4.79 Å². The molecule has 27 heavy (non-hydrogen) atoms. The number of ketones is 1. The predicted molar refractivity (Wildman–Crippen MR) is 109 cm³/mol. The molecule has 0 unspecified atom stereocenters. The average Bonchev–Trinajstić information content (AvgIpc) is 3.38. The SMILES string of the molecule is Cc1c(Cl)cccc1CC(=O)CCc1nnc(CCCC(C)C)n1C1CC1. The van der Waals surface area contributed by atoms with Gasteiger partial charge in [0.05, 0.1) is 0 Å². The van der Waals surface area contributed by atoms with Crippen molar-refractivity contribution in [1.29, 1.82) is 0 Å². The number of benzene rings is 1. The number of halogens is 1. The highest BCUT2D eigenvalue weighted by atomic mass is 35.5. The Bertz CT molecular complexity index is 793. The molecule has 146 valence electrons. The number of Topliss-reactive ketones (excluding diaryl/α,β-unsaturated/α-hetero) is 1. The molecule has 5 heteroatoms. The van der Waals surface area contributed by atoms with Gasteiger partial charge in [0.1, 0.15) is 17.4 Å². The van der Waals surface area contributed by atoms with Gasteiger partial charge in [0, 0.05) is 36.7 Å². The molecule has 1 aromatic heterocycles. The summed E-state index contributed by atoms with van der Waals surface area (Å²) in [5.41, 5.74) is 2.02. The zero-order valence-corrected chi connectivity index (χ0v) is 17.4. The lowest BCUT2D eigenvalue weighted by molar-refractivity contribution is -0.118. The van der Waals surface area contributed by atoms with Crippen LogP contribution in [0.2, 0.25) is 5.02 Å². The van der Waals surface area contributed by atoms with Crippen molar-refractivity contribution >= 4 is 17.4 Å². The van der Waals surface area contributed by atoms with E-state index in [1.54, 1.807) is 0 Å². The number of carbonyl (C=O) groups excluding carboxylic acids is 1. The summed E-state index contributed by atoms with van der Waals surface area (Å²) in [5.74, 6) is 3.03. The van der Waals surface area contributed by atoms with Gasteiger partial charge in [-0.15, -0.1) is 10.2 Å². The van der Waals surface area contributed by atoms with Crippen molar-refractivity contribution in [2.45, 2.75) is 78.2 Å². The van der Waals surface area contributed by atoms with E-state index in [2.05, 4.69) is 28.6 Å². The second-order valence-electron chi connectivity index (χ2n) is 8.16. The summed E-state index contributed by atoms with van der Waals surface area (Å²) >= 11 is 6.16. The third kappa shape index (κ3) is 5.41. The van der Waals surface area contributed by atoms with Gasteiger partial charge in [0.2, 0.25) is 0 Å². The summed E-state index contributed by atoms with van der Waals surface area (Å²) in [6, 6.07) is 6.31. The maximum absolute atomic E-state index is 12.5.